The molecule has 0 spiro atoms. The van der Waals surface area contributed by atoms with E-state index in [0.29, 0.717) is 12.1 Å². The van der Waals surface area contributed by atoms with Crippen LogP contribution in [0.3, 0.4) is 0 Å². The van der Waals surface area contributed by atoms with Crippen molar-refractivity contribution in [2.24, 2.45) is 10.2 Å². The molecule has 30 heavy (non-hydrogen) atoms. The van der Waals surface area contributed by atoms with E-state index in [1.54, 1.807) is 10.6 Å². The Morgan fingerprint density at radius 1 is 1.00 bits per heavy atom. The van der Waals surface area contributed by atoms with Crippen LogP contribution in [0.4, 0.5) is 5.69 Å². The van der Waals surface area contributed by atoms with Gasteiger partial charge in [-0.3, -0.25) is 4.79 Å². The summed E-state index contributed by atoms with van der Waals surface area (Å²) >= 11 is 0. The smallest absolute Gasteiger partial charge is 0.331 e. The average molecular weight is 397 g/mol. The number of benzene rings is 3. The number of aryl methyl sites for hydroxylation is 1. The molecule has 6 heteroatoms. The molecular weight excluding hydrogens is 378 g/mol. The zero-order valence-electron chi connectivity index (χ0n) is 16.4. The molecule has 5 aromatic rings. The number of furan rings is 1. The van der Waals surface area contributed by atoms with Gasteiger partial charge in [0.05, 0.1) is 5.52 Å². The summed E-state index contributed by atoms with van der Waals surface area (Å²) in [5.41, 5.74) is 1.76. The Hall–Kier alpha value is -3.93. The molecule has 0 aliphatic heterocycles. The van der Waals surface area contributed by atoms with Crippen LogP contribution in [0.25, 0.3) is 32.6 Å². The number of azo groups is 1. The monoisotopic (exact) mass is 397 g/mol. The number of carbonyl (C=O) groups is 1. The minimum absolute atomic E-state index is 0.00481. The first kappa shape index (κ1) is 18.1. The van der Waals surface area contributed by atoms with Crippen molar-refractivity contribution in [3.8, 4) is 5.88 Å². The normalized spacial score (nSPS) is 11.9. The molecule has 0 atom stereocenters. The molecule has 148 valence electrons. The quantitative estimate of drug-likeness (QED) is 0.348. The van der Waals surface area contributed by atoms with Crippen molar-refractivity contribution in [1.82, 2.24) is 4.57 Å². The van der Waals surface area contributed by atoms with Crippen LogP contribution in [0, 0.1) is 0 Å². The van der Waals surface area contributed by atoms with E-state index in [1.165, 1.54) is 0 Å². The predicted molar refractivity (Wildman–Crippen MR) is 116 cm³/mol. The van der Waals surface area contributed by atoms with E-state index in [0.717, 1.165) is 33.5 Å². The molecule has 0 aliphatic rings. The highest BCUT2D eigenvalue weighted by molar-refractivity contribution is 6.08. The number of rotatable bonds is 4. The Balaban J connectivity index is 1.54. The lowest BCUT2D eigenvalue weighted by Crippen LogP contribution is -1.94. The van der Waals surface area contributed by atoms with Gasteiger partial charge < -0.3 is 14.1 Å². The van der Waals surface area contributed by atoms with Crippen molar-refractivity contribution in [3.63, 3.8) is 0 Å². The van der Waals surface area contributed by atoms with Crippen LogP contribution in [0.5, 0.6) is 5.88 Å². The Labute approximate surface area is 172 Å². The summed E-state index contributed by atoms with van der Waals surface area (Å²) in [5, 5.41) is 22.2. The zero-order chi connectivity index (χ0) is 20.7. The maximum absolute atomic E-state index is 12.7. The Morgan fingerprint density at radius 2 is 1.77 bits per heavy atom. The Kier molecular flexibility index (Phi) is 4.32. The van der Waals surface area contributed by atoms with Crippen LogP contribution < -0.4 is 0 Å². The first-order chi connectivity index (χ1) is 14.7. The van der Waals surface area contributed by atoms with Gasteiger partial charge in [0.15, 0.2) is 11.4 Å². The van der Waals surface area contributed by atoms with Crippen molar-refractivity contribution in [2.45, 2.75) is 19.9 Å². The number of hydrogen-bond donors (Lipinski definition) is 1. The van der Waals surface area contributed by atoms with Crippen LogP contribution in [-0.4, -0.2) is 15.6 Å². The van der Waals surface area contributed by atoms with Crippen molar-refractivity contribution in [1.29, 1.82) is 0 Å². The summed E-state index contributed by atoms with van der Waals surface area (Å²) in [6, 6.07) is 20.9. The first-order valence-electron chi connectivity index (χ1n) is 9.85. The van der Waals surface area contributed by atoms with Gasteiger partial charge in [0.2, 0.25) is 5.88 Å². The SMILES string of the molecule is CCCn1c(O)c(N=NC(=O)c2cc3c(ccc4ccccc43)o2)c2ccccc21. The Bertz CT molecular complexity index is 1440. The van der Waals surface area contributed by atoms with Gasteiger partial charge in [-0.05, 0) is 35.4 Å². The van der Waals surface area contributed by atoms with Crippen molar-refractivity contribution in [2.75, 3.05) is 0 Å². The molecule has 1 N–H and O–H groups in total. The molecule has 0 bridgehead atoms. The number of carbonyl (C=O) groups excluding carboxylic acids is 1. The van der Waals surface area contributed by atoms with Gasteiger partial charge in [-0.15, -0.1) is 10.2 Å². The van der Waals surface area contributed by atoms with Gasteiger partial charge in [0.25, 0.3) is 0 Å². The minimum atomic E-state index is -0.595. The third-order valence-corrected chi connectivity index (χ3v) is 5.24. The number of aromatic nitrogens is 1. The van der Waals surface area contributed by atoms with Crippen LogP contribution in [0.2, 0.25) is 0 Å². The van der Waals surface area contributed by atoms with Crippen molar-refractivity contribution >= 4 is 44.2 Å². The van der Waals surface area contributed by atoms with Gasteiger partial charge in [0.1, 0.15) is 5.58 Å². The maximum Gasteiger partial charge on any atom is 0.331 e. The van der Waals surface area contributed by atoms with Crippen molar-refractivity contribution in [3.05, 3.63) is 72.5 Å². The van der Waals surface area contributed by atoms with E-state index >= 15 is 0 Å². The second-order valence-corrected chi connectivity index (χ2v) is 7.16. The van der Waals surface area contributed by atoms with Crippen LogP contribution in [0.15, 0.2) is 81.4 Å². The highest BCUT2D eigenvalue weighted by Crippen LogP contribution is 2.39. The molecule has 0 unspecified atom stereocenters. The van der Waals surface area contributed by atoms with E-state index in [-0.39, 0.29) is 17.3 Å². The zero-order valence-corrected chi connectivity index (χ0v) is 16.4. The topological polar surface area (TPSA) is 80.1 Å². The predicted octanol–water partition coefficient (Wildman–Crippen LogP) is 6.58. The molecule has 1 amide bonds. The van der Waals surface area contributed by atoms with E-state index < -0.39 is 5.91 Å². The first-order valence-corrected chi connectivity index (χ1v) is 9.85. The standard InChI is InChI=1S/C24H19N3O3/c1-2-13-27-19-10-6-5-9-17(19)22(24(27)29)25-26-23(28)21-14-18-16-8-4-3-7-15(16)11-12-20(18)30-21/h3-12,14,29H,2,13H2,1H3. The molecular formula is C24H19N3O3. The third kappa shape index (κ3) is 2.85. The third-order valence-electron chi connectivity index (χ3n) is 5.24. The summed E-state index contributed by atoms with van der Waals surface area (Å²) in [6.07, 6.45) is 0.856. The molecule has 0 saturated carbocycles. The van der Waals surface area contributed by atoms with Crippen LogP contribution >= 0.6 is 0 Å². The second-order valence-electron chi connectivity index (χ2n) is 7.16. The van der Waals surface area contributed by atoms with E-state index in [4.69, 9.17) is 4.42 Å². The van der Waals surface area contributed by atoms with E-state index in [9.17, 15) is 9.90 Å². The summed E-state index contributed by atoms with van der Waals surface area (Å²) < 4.78 is 7.50. The minimum Gasteiger partial charge on any atom is -0.493 e. The molecule has 0 saturated heterocycles. The lowest BCUT2D eigenvalue weighted by Gasteiger charge is -2.03. The number of hydrogen-bond acceptors (Lipinski definition) is 4. The number of amides is 1. The highest BCUT2D eigenvalue weighted by atomic mass is 16.3. The average Bonchev–Trinajstić information content (AvgIpc) is 3.33. The number of fused-ring (bicyclic) bond motifs is 4. The lowest BCUT2D eigenvalue weighted by atomic mass is 10.1. The molecule has 2 heterocycles. The maximum atomic E-state index is 12.7. The Morgan fingerprint density at radius 3 is 2.60 bits per heavy atom. The molecule has 5 rings (SSSR count). The molecule has 6 nitrogen and oxygen atoms in total. The summed E-state index contributed by atoms with van der Waals surface area (Å²) in [6.45, 7) is 2.68. The van der Waals surface area contributed by atoms with Crippen molar-refractivity contribution < 1.29 is 14.3 Å². The number of aromatic hydroxyl groups is 1. The molecule has 2 aromatic heterocycles. The van der Waals surface area contributed by atoms with Crippen LogP contribution in [0.1, 0.15) is 23.9 Å². The van der Waals surface area contributed by atoms with Gasteiger partial charge in [-0.25, -0.2) is 0 Å². The summed E-state index contributed by atoms with van der Waals surface area (Å²) in [7, 11) is 0. The molecule has 0 radical (unpaired) electrons. The summed E-state index contributed by atoms with van der Waals surface area (Å²) in [4.78, 5) is 12.7. The highest BCUT2D eigenvalue weighted by Gasteiger charge is 2.18. The van der Waals surface area contributed by atoms with Gasteiger partial charge in [-0.1, -0.05) is 55.5 Å². The fourth-order valence-electron chi connectivity index (χ4n) is 3.86. The van der Waals surface area contributed by atoms with Gasteiger partial charge >= 0.3 is 5.91 Å². The molecule has 0 fully saturated rings. The van der Waals surface area contributed by atoms with Gasteiger partial charge in [0, 0.05) is 17.3 Å². The molecule has 0 aliphatic carbocycles. The summed E-state index contributed by atoms with van der Waals surface area (Å²) in [5.74, 6) is -0.478. The lowest BCUT2D eigenvalue weighted by molar-refractivity contribution is 0.0970. The largest absolute Gasteiger partial charge is 0.493 e. The number of para-hydroxylation sites is 1. The van der Waals surface area contributed by atoms with E-state index in [2.05, 4.69) is 10.2 Å². The van der Waals surface area contributed by atoms with E-state index in [1.807, 2.05) is 67.6 Å². The number of nitrogens with zero attached hydrogens (tertiary/aromatic N) is 3. The molecule has 3 aromatic carbocycles. The fraction of sp³-hybridized carbons (Fsp3) is 0.125. The van der Waals surface area contributed by atoms with Gasteiger partial charge in [-0.2, -0.15) is 0 Å². The van der Waals surface area contributed by atoms with Crippen LogP contribution in [-0.2, 0) is 6.54 Å². The fourth-order valence-corrected chi connectivity index (χ4v) is 3.86. The second kappa shape index (κ2) is 7.15.